The van der Waals surface area contributed by atoms with Gasteiger partial charge in [0.25, 0.3) is 5.88 Å². The van der Waals surface area contributed by atoms with E-state index < -0.39 is 5.82 Å². The van der Waals surface area contributed by atoms with Gasteiger partial charge in [-0.05, 0) is 18.6 Å². The molecule has 0 saturated carbocycles. The number of carbonyl (C=O) groups is 1. The highest BCUT2D eigenvalue weighted by Gasteiger charge is 2.31. The lowest BCUT2D eigenvalue weighted by atomic mass is 10.1. The summed E-state index contributed by atoms with van der Waals surface area (Å²) in [5, 5.41) is 0. The summed E-state index contributed by atoms with van der Waals surface area (Å²) in [6.07, 6.45) is 1.41. The maximum atomic E-state index is 13.4. The van der Waals surface area contributed by atoms with Crippen LogP contribution in [-0.2, 0) is 4.79 Å². The summed E-state index contributed by atoms with van der Waals surface area (Å²) in [6, 6.07) is 1.38. The van der Waals surface area contributed by atoms with Crippen molar-refractivity contribution in [1.82, 2.24) is 9.88 Å². The second-order valence-corrected chi connectivity index (χ2v) is 3.96. The first kappa shape index (κ1) is 10.9. The van der Waals surface area contributed by atoms with E-state index in [-0.39, 0.29) is 17.9 Å². The van der Waals surface area contributed by atoms with Gasteiger partial charge in [-0.2, -0.15) is 0 Å². The minimum absolute atomic E-state index is 0.0113. The Hall–Kier alpha value is -1.65. The Bertz CT molecular complexity index is 416. The van der Waals surface area contributed by atoms with E-state index in [1.165, 1.54) is 13.0 Å². The standard InChI is InChI=1S/C11H13FN2O2/c1-7-3-10(12)11(13-4-7)16-9-5-14(6-9)8(2)15/h3-4,9H,5-6H2,1-2H3. The number of hydrogen-bond acceptors (Lipinski definition) is 3. The van der Waals surface area contributed by atoms with Gasteiger partial charge in [-0.1, -0.05) is 0 Å². The molecule has 2 heterocycles. The number of aryl methyl sites for hydroxylation is 1. The highest BCUT2D eigenvalue weighted by Crippen LogP contribution is 2.19. The molecule has 1 amide bonds. The molecule has 1 aliphatic rings. The van der Waals surface area contributed by atoms with Crippen LogP contribution in [0.2, 0.25) is 0 Å². The van der Waals surface area contributed by atoms with Crippen molar-refractivity contribution in [3.63, 3.8) is 0 Å². The molecule has 5 heteroatoms. The van der Waals surface area contributed by atoms with Crippen LogP contribution in [-0.4, -0.2) is 35.0 Å². The van der Waals surface area contributed by atoms with Crippen molar-refractivity contribution in [3.05, 3.63) is 23.6 Å². The van der Waals surface area contributed by atoms with E-state index in [1.54, 1.807) is 18.0 Å². The number of nitrogens with zero attached hydrogens (tertiary/aromatic N) is 2. The number of aromatic nitrogens is 1. The molecule has 0 spiro atoms. The highest BCUT2D eigenvalue weighted by atomic mass is 19.1. The number of amides is 1. The Morgan fingerprint density at radius 3 is 2.88 bits per heavy atom. The van der Waals surface area contributed by atoms with Crippen molar-refractivity contribution in [2.45, 2.75) is 20.0 Å². The van der Waals surface area contributed by atoms with Gasteiger partial charge in [0, 0.05) is 13.1 Å². The van der Waals surface area contributed by atoms with E-state index >= 15 is 0 Å². The van der Waals surface area contributed by atoms with Crippen LogP contribution in [0.25, 0.3) is 0 Å². The highest BCUT2D eigenvalue weighted by molar-refractivity contribution is 5.74. The van der Waals surface area contributed by atoms with Gasteiger partial charge in [-0.25, -0.2) is 9.37 Å². The van der Waals surface area contributed by atoms with Crippen LogP contribution in [0.4, 0.5) is 4.39 Å². The maximum absolute atomic E-state index is 13.4. The van der Waals surface area contributed by atoms with Crippen molar-refractivity contribution in [1.29, 1.82) is 0 Å². The molecule has 4 nitrogen and oxygen atoms in total. The monoisotopic (exact) mass is 224 g/mol. The zero-order valence-corrected chi connectivity index (χ0v) is 9.24. The van der Waals surface area contributed by atoms with E-state index in [0.717, 1.165) is 5.56 Å². The first-order valence-electron chi connectivity index (χ1n) is 5.10. The fourth-order valence-electron chi connectivity index (χ4n) is 1.54. The van der Waals surface area contributed by atoms with Crippen molar-refractivity contribution in [3.8, 4) is 5.88 Å². The minimum atomic E-state index is -0.457. The van der Waals surface area contributed by atoms with Crippen molar-refractivity contribution in [2.24, 2.45) is 0 Å². The summed E-state index contributed by atoms with van der Waals surface area (Å²) in [5.74, 6) is -0.433. The summed E-state index contributed by atoms with van der Waals surface area (Å²) in [5.41, 5.74) is 0.754. The average molecular weight is 224 g/mol. The van der Waals surface area contributed by atoms with Crippen molar-refractivity contribution >= 4 is 5.91 Å². The Balaban J connectivity index is 1.94. The van der Waals surface area contributed by atoms with E-state index in [2.05, 4.69) is 4.98 Å². The molecule has 0 atom stereocenters. The minimum Gasteiger partial charge on any atom is -0.468 e. The molecule has 1 aromatic heterocycles. The second-order valence-electron chi connectivity index (χ2n) is 3.96. The fourth-order valence-corrected chi connectivity index (χ4v) is 1.54. The smallest absolute Gasteiger partial charge is 0.250 e. The number of ether oxygens (including phenoxy) is 1. The van der Waals surface area contributed by atoms with Gasteiger partial charge in [-0.3, -0.25) is 4.79 Å². The summed E-state index contributed by atoms with van der Waals surface area (Å²) in [6.45, 7) is 4.27. The summed E-state index contributed by atoms with van der Waals surface area (Å²) in [7, 11) is 0. The van der Waals surface area contributed by atoms with Crippen molar-refractivity contribution < 1.29 is 13.9 Å². The van der Waals surface area contributed by atoms with E-state index in [9.17, 15) is 9.18 Å². The van der Waals surface area contributed by atoms with Crippen LogP contribution >= 0.6 is 0 Å². The first-order valence-corrected chi connectivity index (χ1v) is 5.10. The zero-order valence-electron chi connectivity index (χ0n) is 9.24. The Morgan fingerprint density at radius 2 is 2.31 bits per heavy atom. The van der Waals surface area contributed by atoms with Crippen LogP contribution < -0.4 is 4.74 Å². The molecule has 86 valence electrons. The lowest BCUT2D eigenvalue weighted by Gasteiger charge is -2.37. The fraction of sp³-hybridized carbons (Fsp3) is 0.455. The van der Waals surface area contributed by atoms with E-state index in [0.29, 0.717) is 13.1 Å². The third-order valence-corrected chi connectivity index (χ3v) is 2.52. The molecule has 2 rings (SSSR count). The molecule has 0 unspecified atom stereocenters. The predicted molar refractivity (Wildman–Crippen MR) is 55.6 cm³/mol. The van der Waals surface area contributed by atoms with Crippen LogP contribution in [0.15, 0.2) is 12.3 Å². The molecule has 0 aliphatic carbocycles. The van der Waals surface area contributed by atoms with Gasteiger partial charge in [0.1, 0.15) is 6.10 Å². The van der Waals surface area contributed by atoms with Gasteiger partial charge in [0.05, 0.1) is 13.1 Å². The van der Waals surface area contributed by atoms with Crippen LogP contribution in [0, 0.1) is 12.7 Å². The zero-order chi connectivity index (χ0) is 11.7. The molecule has 0 radical (unpaired) electrons. The molecule has 16 heavy (non-hydrogen) atoms. The summed E-state index contributed by atoms with van der Waals surface area (Å²) >= 11 is 0. The normalized spacial score (nSPS) is 15.8. The SMILES string of the molecule is CC(=O)N1CC(Oc2ncc(C)cc2F)C1. The summed E-state index contributed by atoms with van der Waals surface area (Å²) < 4.78 is 18.7. The van der Waals surface area contributed by atoms with Gasteiger partial charge >= 0.3 is 0 Å². The Morgan fingerprint density at radius 1 is 1.62 bits per heavy atom. The Labute approximate surface area is 93.0 Å². The lowest BCUT2D eigenvalue weighted by molar-refractivity contribution is -0.137. The van der Waals surface area contributed by atoms with Crippen LogP contribution in [0.1, 0.15) is 12.5 Å². The first-order chi connectivity index (χ1) is 7.56. The number of halogens is 1. The van der Waals surface area contributed by atoms with Gasteiger partial charge in [0.15, 0.2) is 5.82 Å². The molecular weight excluding hydrogens is 211 g/mol. The van der Waals surface area contributed by atoms with Gasteiger partial charge in [-0.15, -0.1) is 0 Å². The molecule has 1 saturated heterocycles. The lowest BCUT2D eigenvalue weighted by Crippen LogP contribution is -2.55. The number of rotatable bonds is 2. The quantitative estimate of drug-likeness (QED) is 0.756. The molecule has 1 aliphatic heterocycles. The number of likely N-dealkylation sites (tertiary alicyclic amines) is 1. The Kier molecular flexibility index (Phi) is 2.77. The molecule has 0 N–H and O–H groups in total. The largest absolute Gasteiger partial charge is 0.468 e. The number of pyridine rings is 1. The average Bonchev–Trinajstić information content (AvgIpc) is 2.12. The van der Waals surface area contributed by atoms with Crippen LogP contribution in [0.3, 0.4) is 0 Å². The van der Waals surface area contributed by atoms with Gasteiger partial charge in [0.2, 0.25) is 5.91 Å². The third kappa shape index (κ3) is 2.13. The number of hydrogen-bond donors (Lipinski definition) is 0. The topological polar surface area (TPSA) is 42.4 Å². The van der Waals surface area contributed by atoms with Crippen LogP contribution in [0.5, 0.6) is 5.88 Å². The van der Waals surface area contributed by atoms with E-state index in [4.69, 9.17) is 4.74 Å². The molecule has 1 aromatic rings. The predicted octanol–water partition coefficient (Wildman–Crippen LogP) is 1.14. The molecule has 0 bridgehead atoms. The molecular formula is C11H13FN2O2. The second kappa shape index (κ2) is 4.08. The van der Waals surface area contributed by atoms with Gasteiger partial charge < -0.3 is 9.64 Å². The third-order valence-electron chi connectivity index (χ3n) is 2.52. The molecule has 1 fully saturated rings. The number of carbonyl (C=O) groups excluding carboxylic acids is 1. The molecule has 0 aromatic carbocycles. The van der Waals surface area contributed by atoms with Crippen molar-refractivity contribution in [2.75, 3.05) is 13.1 Å². The summed E-state index contributed by atoms with van der Waals surface area (Å²) in [4.78, 5) is 16.4. The van der Waals surface area contributed by atoms with E-state index in [1.807, 2.05) is 0 Å². The maximum Gasteiger partial charge on any atom is 0.250 e.